The molecule has 0 spiro atoms. The first-order chi connectivity index (χ1) is 29.3. The first-order valence-electron chi connectivity index (χ1n) is 21.3. The molecule has 6 aliphatic rings. The number of allylic oxidation sites excluding steroid dienone is 5. The maximum Gasteiger partial charge on any atom is 0.333 e. The number of nitrogens with two attached hydrogens (primary N) is 1. The molecular weight excluding hydrogens is 777 g/mol. The number of nitrogens with one attached hydrogen (secondary N) is 3. The molecule has 4 bridgehead atoms. The van der Waals surface area contributed by atoms with Crippen molar-refractivity contribution in [2.24, 2.45) is 17.6 Å². The number of ether oxygens (including phenoxy) is 2. The van der Waals surface area contributed by atoms with Crippen LogP contribution in [-0.4, -0.2) is 63.5 Å². The number of aliphatic hydroxyl groups excluding tert-OH is 2. The molecule has 5 aliphatic heterocycles. The minimum absolute atomic E-state index is 0.00394. The molecule has 0 saturated carbocycles. The van der Waals surface area contributed by atoms with Crippen LogP contribution in [0.3, 0.4) is 0 Å². The topological polar surface area (TPSA) is 209 Å². The average Bonchev–Trinajstić information content (AvgIpc) is 3.29. The fourth-order valence-corrected chi connectivity index (χ4v) is 10.6. The third-order valence-corrected chi connectivity index (χ3v) is 13.9. The van der Waals surface area contributed by atoms with E-state index in [2.05, 4.69) is 47.2 Å². The van der Waals surface area contributed by atoms with Crippen LogP contribution in [0.4, 0.5) is 0 Å². The number of dihydropyridines is 2. The molecule has 9 rings (SSSR count). The lowest BCUT2D eigenvalue weighted by Gasteiger charge is -2.50. The second-order valence-corrected chi connectivity index (χ2v) is 17.5. The van der Waals surface area contributed by atoms with Gasteiger partial charge in [0.25, 0.3) is 0 Å². The molecule has 8 unspecified atom stereocenters. The number of aliphatic hydroxyl groups is 2. The van der Waals surface area contributed by atoms with Crippen LogP contribution in [-0.2, 0) is 29.0 Å². The molecule has 0 fully saturated rings. The fraction of sp³-hybridized carbons (Fsp3) is 0.417. The quantitative estimate of drug-likeness (QED) is 0.121. The Kier molecular flexibility index (Phi) is 10.4. The summed E-state index contributed by atoms with van der Waals surface area (Å²) in [4.78, 5) is 28.0. The van der Waals surface area contributed by atoms with Crippen molar-refractivity contribution in [1.29, 1.82) is 0 Å². The Labute approximate surface area is 354 Å². The number of aryl methyl sites for hydroxylation is 1. The van der Waals surface area contributed by atoms with Gasteiger partial charge in [0.15, 0.2) is 5.43 Å². The van der Waals surface area contributed by atoms with Gasteiger partial charge in [-0.2, -0.15) is 0 Å². The normalized spacial score (nSPS) is 29.2. The van der Waals surface area contributed by atoms with Crippen molar-refractivity contribution in [3.63, 3.8) is 0 Å². The number of carbonyl (C=O) groups excluding carboxylic acids is 1. The summed E-state index contributed by atoms with van der Waals surface area (Å²) in [6, 6.07) is 6.60. The highest BCUT2D eigenvalue weighted by Gasteiger charge is 2.54. The van der Waals surface area contributed by atoms with E-state index in [0.717, 1.165) is 33.9 Å². The van der Waals surface area contributed by atoms with Crippen LogP contribution in [0.1, 0.15) is 86.8 Å². The summed E-state index contributed by atoms with van der Waals surface area (Å²) in [5.74, 6) is -2.26. The van der Waals surface area contributed by atoms with Gasteiger partial charge in [0.2, 0.25) is 0 Å². The highest BCUT2D eigenvalue weighted by Crippen LogP contribution is 2.59. The van der Waals surface area contributed by atoms with Gasteiger partial charge in [-0.15, -0.1) is 0 Å². The Balaban J connectivity index is 1.38. The van der Waals surface area contributed by atoms with E-state index in [1.54, 1.807) is 32.1 Å². The van der Waals surface area contributed by atoms with E-state index < -0.39 is 41.5 Å². The Morgan fingerprint density at radius 1 is 1.18 bits per heavy atom. The summed E-state index contributed by atoms with van der Waals surface area (Å²) in [6.45, 7) is 6.92. The standard InChI is InChI=1S/C48H54N4O9/c1-5-23(2)47(58)60-37-19-34-42(57)40-36(56)18-31(21-53)59-44(40)41-39-32-12-13-50-45(49)38(32)27(9-8-26-10-11-30(55)17-33(26)35(39)22-54)16-29(48(37,4)61-43(34)41)15-25-14-28-7-6-24(3)52-46(28)51-20-25/h5-7,10-12,14,17-18,20,24,27,29,35,37,39,46,50-55,57H,8-9,13,15-16,19,21-22,49H2,1-4H3. The molecule has 0 amide bonds. The zero-order valence-corrected chi connectivity index (χ0v) is 34.9. The summed E-state index contributed by atoms with van der Waals surface area (Å²) < 4.78 is 20.4. The summed E-state index contributed by atoms with van der Waals surface area (Å²) in [7, 11) is 0. The largest absolute Gasteiger partial charge is 0.508 e. The predicted molar refractivity (Wildman–Crippen MR) is 229 cm³/mol. The van der Waals surface area contributed by atoms with Crippen molar-refractivity contribution in [2.75, 3.05) is 13.2 Å². The van der Waals surface area contributed by atoms with Gasteiger partial charge in [-0.25, -0.2) is 4.79 Å². The fourth-order valence-electron chi connectivity index (χ4n) is 10.6. The molecule has 61 heavy (non-hydrogen) atoms. The number of esters is 1. The Bertz CT molecular complexity index is 2580. The van der Waals surface area contributed by atoms with Crippen molar-refractivity contribution in [1.82, 2.24) is 16.0 Å². The van der Waals surface area contributed by atoms with Crippen LogP contribution in [0, 0.1) is 11.8 Å². The molecule has 2 aromatic carbocycles. The van der Waals surface area contributed by atoms with Gasteiger partial charge >= 0.3 is 5.97 Å². The van der Waals surface area contributed by atoms with Gasteiger partial charge in [0, 0.05) is 65.7 Å². The molecule has 320 valence electrons. The zero-order valence-electron chi connectivity index (χ0n) is 34.9. The highest BCUT2D eigenvalue weighted by atomic mass is 16.6. The molecule has 6 heterocycles. The minimum atomic E-state index is -1.26. The number of hydrogen-bond donors (Lipinski definition) is 8. The molecule has 8 atom stereocenters. The molecule has 1 aromatic heterocycles. The molecule has 0 radical (unpaired) electrons. The first-order valence-corrected chi connectivity index (χ1v) is 21.3. The van der Waals surface area contributed by atoms with Crippen molar-refractivity contribution in [3.8, 4) is 17.2 Å². The Morgan fingerprint density at radius 2 is 2.00 bits per heavy atom. The van der Waals surface area contributed by atoms with Crippen LogP contribution < -0.4 is 31.8 Å². The molecule has 3 aromatic rings. The smallest absolute Gasteiger partial charge is 0.333 e. The van der Waals surface area contributed by atoms with Gasteiger partial charge in [0.05, 0.1) is 6.61 Å². The van der Waals surface area contributed by atoms with Crippen molar-refractivity contribution in [3.05, 3.63) is 133 Å². The number of fused-ring (bicyclic) bond motifs is 6. The number of phenolic OH excluding ortho intramolecular Hbond substituents is 2. The van der Waals surface area contributed by atoms with Gasteiger partial charge < -0.3 is 50.7 Å². The summed E-state index contributed by atoms with van der Waals surface area (Å²) in [5, 5.41) is 55.7. The van der Waals surface area contributed by atoms with Crippen molar-refractivity contribution >= 4 is 16.9 Å². The second kappa shape index (κ2) is 15.6. The van der Waals surface area contributed by atoms with E-state index in [9.17, 15) is 30.0 Å². The van der Waals surface area contributed by atoms with Crippen LogP contribution in [0.25, 0.3) is 11.0 Å². The van der Waals surface area contributed by atoms with Crippen LogP contribution in [0.15, 0.2) is 104 Å². The highest BCUT2D eigenvalue weighted by molar-refractivity contribution is 5.92. The number of phenols is 2. The molecule has 13 heteroatoms. The Hall–Kier alpha value is -5.76. The lowest BCUT2D eigenvalue weighted by atomic mass is 9.65. The summed E-state index contributed by atoms with van der Waals surface area (Å²) in [6.07, 6.45) is 13.5. The predicted octanol–water partition coefficient (Wildman–Crippen LogP) is 5.09. The minimum Gasteiger partial charge on any atom is -0.508 e. The zero-order chi connectivity index (χ0) is 42.9. The van der Waals surface area contributed by atoms with Gasteiger partial charge in [-0.05, 0) is 105 Å². The third-order valence-electron chi connectivity index (χ3n) is 13.9. The lowest BCUT2D eigenvalue weighted by Crippen LogP contribution is -2.57. The molecule has 9 N–H and O–H groups in total. The number of carbonyl (C=O) groups is 1. The maximum absolute atomic E-state index is 14.1. The van der Waals surface area contributed by atoms with Crippen LogP contribution >= 0.6 is 0 Å². The summed E-state index contributed by atoms with van der Waals surface area (Å²) >= 11 is 0. The Morgan fingerprint density at radius 3 is 2.77 bits per heavy atom. The van der Waals surface area contributed by atoms with E-state index in [4.69, 9.17) is 19.6 Å². The monoisotopic (exact) mass is 830 g/mol. The van der Waals surface area contributed by atoms with Gasteiger partial charge in [-0.3, -0.25) is 10.1 Å². The molecule has 0 saturated heterocycles. The van der Waals surface area contributed by atoms with E-state index in [0.29, 0.717) is 54.7 Å². The molecule has 1 aliphatic carbocycles. The van der Waals surface area contributed by atoms with E-state index in [-0.39, 0.29) is 76.6 Å². The van der Waals surface area contributed by atoms with Gasteiger partial charge in [0.1, 0.15) is 64.3 Å². The maximum atomic E-state index is 14.1. The molecular formula is C48H54N4O9. The van der Waals surface area contributed by atoms with E-state index in [1.165, 1.54) is 0 Å². The van der Waals surface area contributed by atoms with Crippen LogP contribution in [0.5, 0.6) is 17.2 Å². The van der Waals surface area contributed by atoms with Crippen LogP contribution in [0.2, 0.25) is 0 Å². The third kappa shape index (κ3) is 6.83. The lowest BCUT2D eigenvalue weighted by molar-refractivity contribution is -0.165. The summed E-state index contributed by atoms with van der Waals surface area (Å²) in [5.41, 5.74) is 11.7. The van der Waals surface area contributed by atoms with Crippen molar-refractivity contribution < 1.29 is 39.1 Å². The SMILES string of the molecule is CC=C(C)C(=O)OC1Cc2c3c(c4oc(CO)cc(=O)c4c2O)C2C4=CCNC(N)=C4C(CCc4ccc(O)cc4C2CO)CC(CC2=CNC4NC(C)C=CC4=C2)C1(C)O3. The number of hydrogen-bond acceptors (Lipinski definition) is 13. The molecule has 13 nitrogen and oxygen atoms in total. The number of benzene rings is 2. The number of rotatable bonds is 6. The van der Waals surface area contributed by atoms with E-state index in [1.807, 2.05) is 19.2 Å². The van der Waals surface area contributed by atoms with Gasteiger partial charge in [-0.1, -0.05) is 36.4 Å². The second-order valence-electron chi connectivity index (χ2n) is 17.5. The van der Waals surface area contributed by atoms with E-state index >= 15 is 0 Å². The average molecular weight is 831 g/mol. The van der Waals surface area contributed by atoms with Crippen molar-refractivity contribution in [2.45, 2.75) is 102 Å². The number of aromatic hydroxyl groups is 2. The first kappa shape index (κ1) is 40.6.